The van der Waals surface area contributed by atoms with Crippen molar-refractivity contribution in [2.24, 2.45) is 0 Å². The van der Waals surface area contributed by atoms with Crippen molar-refractivity contribution in [2.75, 3.05) is 41.0 Å². The number of nitrogens with zero attached hydrogens (tertiary/aromatic N) is 1. The lowest BCUT2D eigenvalue weighted by Gasteiger charge is -2.34. The molecule has 8 nitrogen and oxygen atoms in total. The number of carbonyl (C=O) groups is 3. The van der Waals surface area contributed by atoms with Crippen molar-refractivity contribution in [2.45, 2.75) is 161 Å². The summed E-state index contributed by atoms with van der Waals surface area (Å²) in [4.78, 5) is 36.9. The van der Waals surface area contributed by atoms with E-state index in [1.54, 1.807) is 21.1 Å². The first-order valence-electron chi connectivity index (χ1n) is 23.6. The van der Waals surface area contributed by atoms with E-state index < -0.39 is 18.1 Å². The number of quaternary nitrogens is 1. The van der Waals surface area contributed by atoms with Crippen LogP contribution in [0.15, 0.2) is 122 Å². The van der Waals surface area contributed by atoms with Gasteiger partial charge in [-0.1, -0.05) is 148 Å². The van der Waals surface area contributed by atoms with Gasteiger partial charge in [0.15, 0.2) is 6.10 Å². The van der Waals surface area contributed by atoms with Crippen LogP contribution in [0.3, 0.4) is 0 Å². The number of rotatable bonds is 40. The first-order chi connectivity index (χ1) is 30.1. The molecule has 0 N–H and O–H groups in total. The maximum atomic E-state index is 12.7. The number of unbranched alkanes of at least 4 members (excludes halogenated alkanes) is 6. The SMILES string of the molecule is CC/C=C/C/C=C/C/C=C/C/C=C/C/C=C/CCCC(=O)OCC(COCCC(C(=O)[O-])[N+](C)(C)C)OC(=O)CCCC/C=C/C/C=C/C/C=C/C/C=C/C/C=C/CCCCC. The first kappa shape index (κ1) is 57.7. The minimum atomic E-state index is -1.15. The highest BCUT2D eigenvalue weighted by molar-refractivity contribution is 5.70. The molecule has 0 aromatic heterocycles. The summed E-state index contributed by atoms with van der Waals surface area (Å²) in [6.07, 6.45) is 60.9. The average Bonchev–Trinajstić information content (AvgIpc) is 3.23. The third-order valence-corrected chi connectivity index (χ3v) is 9.58. The summed E-state index contributed by atoms with van der Waals surface area (Å²) in [7, 11) is 5.36. The highest BCUT2D eigenvalue weighted by Crippen LogP contribution is 2.10. The molecule has 0 rings (SSSR count). The predicted octanol–water partition coefficient (Wildman–Crippen LogP) is 12.1. The Hall–Kier alpha value is -4.27. The second-order valence-electron chi connectivity index (χ2n) is 16.3. The highest BCUT2D eigenvalue weighted by atomic mass is 16.6. The summed E-state index contributed by atoms with van der Waals surface area (Å²) in [5.41, 5.74) is 0. The molecule has 0 aliphatic rings. The number of allylic oxidation sites excluding steroid dienone is 20. The van der Waals surface area contributed by atoms with Gasteiger partial charge >= 0.3 is 11.9 Å². The Morgan fingerprint density at radius 3 is 1.32 bits per heavy atom. The van der Waals surface area contributed by atoms with Crippen LogP contribution in [0, 0.1) is 0 Å². The van der Waals surface area contributed by atoms with Crippen LogP contribution in [0.2, 0.25) is 0 Å². The summed E-state index contributed by atoms with van der Waals surface area (Å²) >= 11 is 0. The fraction of sp³-hybridized carbons (Fsp3) is 0.574. The third-order valence-electron chi connectivity index (χ3n) is 9.58. The van der Waals surface area contributed by atoms with Crippen molar-refractivity contribution in [3.05, 3.63) is 122 Å². The first-order valence-corrected chi connectivity index (χ1v) is 23.6. The maximum absolute atomic E-state index is 12.7. The topological polar surface area (TPSA) is 102 Å². The molecule has 0 aliphatic carbocycles. The van der Waals surface area contributed by atoms with Crippen molar-refractivity contribution in [1.82, 2.24) is 0 Å². The molecule has 0 heterocycles. The van der Waals surface area contributed by atoms with Gasteiger partial charge in [-0.05, 0) is 103 Å². The molecule has 0 aromatic carbocycles. The van der Waals surface area contributed by atoms with Gasteiger partial charge in [-0.3, -0.25) is 9.59 Å². The second-order valence-corrected chi connectivity index (χ2v) is 16.3. The van der Waals surface area contributed by atoms with Crippen molar-refractivity contribution < 1.29 is 38.2 Å². The second kappa shape index (κ2) is 43.4. The van der Waals surface area contributed by atoms with Crippen LogP contribution in [-0.4, -0.2) is 75.5 Å². The average molecular weight is 860 g/mol. The van der Waals surface area contributed by atoms with Crippen molar-refractivity contribution in [3.63, 3.8) is 0 Å². The normalized spacial score (nSPS) is 14.0. The number of likely N-dealkylation sites (N-methyl/N-ethyl adjacent to an activating group) is 1. The van der Waals surface area contributed by atoms with Gasteiger partial charge in [0, 0.05) is 19.3 Å². The van der Waals surface area contributed by atoms with Crippen LogP contribution >= 0.6 is 0 Å². The van der Waals surface area contributed by atoms with E-state index in [9.17, 15) is 19.5 Å². The van der Waals surface area contributed by atoms with Crippen molar-refractivity contribution in [3.8, 4) is 0 Å². The monoisotopic (exact) mass is 860 g/mol. The van der Waals surface area contributed by atoms with Crippen LogP contribution in [0.5, 0.6) is 0 Å². The number of carboxylic acids is 1. The lowest BCUT2D eigenvalue weighted by atomic mass is 10.1. The zero-order valence-corrected chi connectivity index (χ0v) is 39.5. The van der Waals surface area contributed by atoms with Gasteiger partial charge in [0.05, 0.1) is 40.3 Å². The molecule has 62 heavy (non-hydrogen) atoms. The quantitative estimate of drug-likeness (QED) is 0.0262. The minimum absolute atomic E-state index is 0.00378. The van der Waals surface area contributed by atoms with E-state index in [4.69, 9.17) is 14.2 Å². The smallest absolute Gasteiger partial charge is 0.306 e. The van der Waals surface area contributed by atoms with Crippen molar-refractivity contribution >= 4 is 17.9 Å². The Labute approximate surface area is 378 Å². The molecular formula is C54H85NO7. The fourth-order valence-electron chi connectivity index (χ4n) is 5.95. The van der Waals surface area contributed by atoms with Gasteiger partial charge < -0.3 is 28.6 Å². The van der Waals surface area contributed by atoms with Gasteiger partial charge in [-0.25, -0.2) is 0 Å². The molecule has 0 saturated carbocycles. The number of hydrogen-bond acceptors (Lipinski definition) is 7. The Morgan fingerprint density at radius 1 is 0.500 bits per heavy atom. The summed E-state index contributed by atoms with van der Waals surface area (Å²) in [6.45, 7) is 4.38. The molecule has 0 aliphatic heterocycles. The summed E-state index contributed by atoms with van der Waals surface area (Å²) in [6, 6.07) is -0.751. The van der Waals surface area contributed by atoms with Crippen LogP contribution in [-0.2, 0) is 28.6 Å². The van der Waals surface area contributed by atoms with Crippen LogP contribution in [0.25, 0.3) is 0 Å². The van der Waals surface area contributed by atoms with Gasteiger partial charge in [-0.2, -0.15) is 0 Å². The van der Waals surface area contributed by atoms with E-state index in [1.165, 1.54) is 25.7 Å². The molecule has 0 spiro atoms. The molecular weight excluding hydrogens is 775 g/mol. The Kier molecular flexibility index (Phi) is 40.4. The Morgan fingerprint density at radius 2 is 0.903 bits per heavy atom. The molecule has 0 radical (unpaired) electrons. The van der Waals surface area contributed by atoms with E-state index in [2.05, 4.69) is 135 Å². The third kappa shape index (κ3) is 41.1. The number of carbonyl (C=O) groups excluding carboxylic acids is 3. The van der Waals surface area contributed by atoms with Gasteiger partial charge in [0.25, 0.3) is 0 Å². The molecule has 0 fully saturated rings. The molecule has 8 heteroatoms. The van der Waals surface area contributed by atoms with E-state index in [0.717, 1.165) is 77.0 Å². The standard InChI is InChI=1S/C54H85NO7/c1-6-8-10-12-14-16-18-20-22-24-25-26-27-29-31-33-35-37-39-41-43-45-53(57)62-50(48-60-47-46-51(54(58)59)55(3,4)5)49-61-52(56)44-42-40-38-36-34-32-30-28-23-21-19-17-15-13-11-9-7-2/h9,11,14-17,20-23,25-26,29-32,35-38,50-51H,6-8,10,12-13,18-19,24,27-28,33-34,39-49H2,1-5H3/b11-9+,16-14+,17-15+,22-20+,23-21+,26-25+,31-29+,32-30+,37-35+,38-36+. The number of aliphatic carboxylic acids is 1. The lowest BCUT2D eigenvalue weighted by Crippen LogP contribution is -2.55. The maximum Gasteiger partial charge on any atom is 0.306 e. The van der Waals surface area contributed by atoms with E-state index in [1.807, 2.05) is 0 Å². The zero-order valence-electron chi connectivity index (χ0n) is 39.5. The summed E-state index contributed by atoms with van der Waals surface area (Å²) in [5, 5.41) is 11.6. The molecule has 0 aromatic rings. The number of esters is 2. The van der Waals surface area contributed by atoms with E-state index in [0.29, 0.717) is 12.8 Å². The molecule has 0 amide bonds. The summed E-state index contributed by atoms with van der Waals surface area (Å²) in [5.74, 6) is -1.89. The molecule has 2 unspecified atom stereocenters. The molecule has 348 valence electrons. The lowest BCUT2D eigenvalue weighted by molar-refractivity contribution is -0.889. The number of carboxylic acid groups (broad SMARTS) is 1. The van der Waals surface area contributed by atoms with E-state index >= 15 is 0 Å². The zero-order chi connectivity index (χ0) is 45.6. The van der Waals surface area contributed by atoms with Gasteiger partial charge in [0.2, 0.25) is 0 Å². The molecule has 0 bridgehead atoms. The highest BCUT2D eigenvalue weighted by Gasteiger charge is 2.25. The number of hydrogen-bond donors (Lipinski definition) is 0. The van der Waals surface area contributed by atoms with Crippen LogP contribution in [0.4, 0.5) is 0 Å². The molecule has 0 saturated heterocycles. The largest absolute Gasteiger partial charge is 0.544 e. The fourth-order valence-corrected chi connectivity index (χ4v) is 5.95. The van der Waals surface area contributed by atoms with Crippen LogP contribution in [0.1, 0.15) is 149 Å². The Balaban J connectivity index is 4.52. The minimum Gasteiger partial charge on any atom is -0.544 e. The van der Waals surface area contributed by atoms with Crippen molar-refractivity contribution in [1.29, 1.82) is 0 Å². The summed E-state index contributed by atoms with van der Waals surface area (Å²) < 4.78 is 17.1. The van der Waals surface area contributed by atoms with Gasteiger partial charge in [0.1, 0.15) is 12.6 Å². The van der Waals surface area contributed by atoms with Crippen LogP contribution < -0.4 is 5.11 Å². The molecule has 2 atom stereocenters. The van der Waals surface area contributed by atoms with Gasteiger partial charge in [-0.15, -0.1) is 0 Å². The Bertz CT molecular complexity index is 1420. The predicted molar refractivity (Wildman–Crippen MR) is 258 cm³/mol. The number of ether oxygens (including phenoxy) is 3. The van der Waals surface area contributed by atoms with E-state index in [-0.39, 0.29) is 55.5 Å².